The normalized spacial score (nSPS) is 15.4. The maximum atomic E-state index is 11.3. The van der Waals surface area contributed by atoms with Crippen LogP contribution in [0.15, 0.2) is 48.9 Å². The van der Waals surface area contributed by atoms with Crippen molar-refractivity contribution >= 4 is 16.9 Å². The molecule has 1 fully saturated rings. The number of hydrogen-bond donors (Lipinski definition) is 1. The summed E-state index contributed by atoms with van der Waals surface area (Å²) >= 11 is 0. The summed E-state index contributed by atoms with van der Waals surface area (Å²) < 4.78 is 8.15. The summed E-state index contributed by atoms with van der Waals surface area (Å²) in [6, 6.07) is 8.98. The fourth-order valence-electron chi connectivity index (χ4n) is 4.53. The molecule has 0 bridgehead atoms. The lowest BCUT2D eigenvalue weighted by Crippen LogP contribution is -2.35. The second kappa shape index (κ2) is 9.96. The quantitative estimate of drug-likeness (QED) is 0.538. The van der Waals surface area contributed by atoms with Crippen molar-refractivity contribution < 1.29 is 14.6 Å². The average Bonchev–Trinajstić information content (AvgIpc) is 3.17. The number of para-hydroxylation sites is 1. The third-order valence-electron chi connectivity index (χ3n) is 6.28. The number of aromatic carboxylic acids is 1. The molecule has 1 saturated heterocycles. The molecule has 0 aliphatic carbocycles. The van der Waals surface area contributed by atoms with Crippen LogP contribution in [0.25, 0.3) is 10.9 Å². The van der Waals surface area contributed by atoms with E-state index in [0.29, 0.717) is 18.3 Å². The maximum absolute atomic E-state index is 11.3. The molecule has 6 heteroatoms. The Morgan fingerprint density at radius 2 is 2.00 bits per heavy atom. The first kappa shape index (κ1) is 21.4. The first-order chi connectivity index (χ1) is 15.2. The van der Waals surface area contributed by atoms with E-state index in [1.807, 2.05) is 12.4 Å². The fraction of sp³-hybridized carbons (Fsp3) is 0.440. The minimum absolute atomic E-state index is 0.218. The lowest BCUT2D eigenvalue weighted by atomic mass is 9.89. The van der Waals surface area contributed by atoms with Crippen LogP contribution in [-0.2, 0) is 6.54 Å². The van der Waals surface area contributed by atoms with E-state index in [4.69, 9.17) is 4.74 Å². The van der Waals surface area contributed by atoms with Gasteiger partial charge in [0.1, 0.15) is 17.9 Å². The Morgan fingerprint density at radius 3 is 2.77 bits per heavy atom. The van der Waals surface area contributed by atoms with Crippen LogP contribution in [0.3, 0.4) is 0 Å². The Kier molecular flexibility index (Phi) is 6.87. The molecule has 0 amide bonds. The van der Waals surface area contributed by atoms with Crippen LogP contribution in [0.4, 0.5) is 0 Å². The van der Waals surface area contributed by atoms with Gasteiger partial charge in [-0.1, -0.05) is 25.5 Å². The van der Waals surface area contributed by atoms with Crippen LogP contribution in [0.1, 0.15) is 54.4 Å². The summed E-state index contributed by atoms with van der Waals surface area (Å²) in [5, 5.41) is 10.6. The fourth-order valence-corrected chi connectivity index (χ4v) is 4.53. The number of carboxylic acid groups (broad SMARTS) is 1. The Labute approximate surface area is 183 Å². The summed E-state index contributed by atoms with van der Waals surface area (Å²) in [6.45, 7) is 6.64. The topological polar surface area (TPSA) is 67.6 Å². The molecule has 0 unspecified atom stereocenters. The van der Waals surface area contributed by atoms with Gasteiger partial charge in [0.2, 0.25) is 0 Å². The number of piperidine rings is 1. The van der Waals surface area contributed by atoms with Crippen LogP contribution in [0, 0.1) is 0 Å². The number of ether oxygens (including phenoxy) is 1. The first-order valence-electron chi connectivity index (χ1n) is 11.3. The molecular weight excluding hydrogens is 390 g/mol. The number of pyridine rings is 1. The molecule has 2 aromatic heterocycles. The number of carboxylic acids is 1. The van der Waals surface area contributed by atoms with Gasteiger partial charge in [0, 0.05) is 30.9 Å². The summed E-state index contributed by atoms with van der Waals surface area (Å²) in [4.78, 5) is 18.1. The van der Waals surface area contributed by atoms with Crippen LogP contribution < -0.4 is 4.74 Å². The smallest absolute Gasteiger partial charge is 0.339 e. The minimum atomic E-state index is -0.954. The highest BCUT2D eigenvalue weighted by Crippen LogP contribution is 2.34. The van der Waals surface area contributed by atoms with Gasteiger partial charge in [0.05, 0.1) is 11.7 Å². The zero-order valence-electron chi connectivity index (χ0n) is 18.2. The second-order valence-corrected chi connectivity index (χ2v) is 8.29. The molecule has 3 heterocycles. The average molecular weight is 422 g/mol. The third-order valence-corrected chi connectivity index (χ3v) is 6.28. The van der Waals surface area contributed by atoms with Gasteiger partial charge in [0.25, 0.3) is 0 Å². The highest BCUT2D eigenvalue weighted by Gasteiger charge is 2.24. The van der Waals surface area contributed by atoms with Crippen LogP contribution in [0.2, 0.25) is 0 Å². The zero-order chi connectivity index (χ0) is 21.6. The van der Waals surface area contributed by atoms with E-state index >= 15 is 0 Å². The SMILES string of the molecule is CCCCn1cc(C2CCN(CCOc3ccccc3C(=O)O)CC2)c2ccncc21. The lowest BCUT2D eigenvalue weighted by molar-refractivity contribution is 0.0691. The second-order valence-electron chi connectivity index (χ2n) is 8.29. The molecule has 3 aromatic rings. The number of aryl methyl sites for hydroxylation is 1. The number of fused-ring (bicyclic) bond motifs is 1. The largest absolute Gasteiger partial charge is 0.491 e. The van der Waals surface area contributed by atoms with Crippen LogP contribution >= 0.6 is 0 Å². The minimum Gasteiger partial charge on any atom is -0.491 e. The molecule has 4 rings (SSSR count). The van der Waals surface area contributed by atoms with E-state index in [1.165, 1.54) is 29.3 Å². The molecule has 0 atom stereocenters. The number of likely N-dealkylation sites (tertiary alicyclic amines) is 1. The summed E-state index contributed by atoms with van der Waals surface area (Å²) in [7, 11) is 0. The monoisotopic (exact) mass is 421 g/mol. The van der Waals surface area contributed by atoms with Crippen LogP contribution in [0.5, 0.6) is 5.75 Å². The molecule has 0 saturated carbocycles. The van der Waals surface area contributed by atoms with Gasteiger partial charge in [-0.15, -0.1) is 0 Å². The number of benzene rings is 1. The van der Waals surface area contributed by atoms with Crippen molar-refractivity contribution in [3.05, 3.63) is 60.0 Å². The molecule has 1 aromatic carbocycles. The number of rotatable bonds is 9. The molecular formula is C25H31N3O3. The molecule has 0 radical (unpaired) electrons. The zero-order valence-corrected chi connectivity index (χ0v) is 18.2. The van der Waals surface area contributed by atoms with E-state index in [0.717, 1.165) is 39.0 Å². The van der Waals surface area contributed by atoms with Gasteiger partial charge < -0.3 is 14.4 Å². The summed E-state index contributed by atoms with van der Waals surface area (Å²) in [6.07, 6.45) is 10.9. The van der Waals surface area contributed by atoms with Crippen molar-refractivity contribution in [2.45, 2.75) is 45.1 Å². The molecule has 1 aliphatic rings. The predicted molar refractivity (Wildman–Crippen MR) is 122 cm³/mol. The van der Waals surface area contributed by atoms with Gasteiger partial charge in [0.15, 0.2) is 0 Å². The number of aromatic nitrogens is 2. The van der Waals surface area contributed by atoms with E-state index in [2.05, 4.69) is 33.6 Å². The highest BCUT2D eigenvalue weighted by atomic mass is 16.5. The molecule has 31 heavy (non-hydrogen) atoms. The number of nitrogens with zero attached hydrogens (tertiary/aromatic N) is 3. The molecule has 164 valence electrons. The summed E-state index contributed by atoms with van der Waals surface area (Å²) in [5.41, 5.74) is 2.92. The van der Waals surface area contributed by atoms with Crippen molar-refractivity contribution in [1.82, 2.24) is 14.5 Å². The van der Waals surface area contributed by atoms with Crippen molar-refractivity contribution in [2.24, 2.45) is 0 Å². The van der Waals surface area contributed by atoms with Gasteiger partial charge in [-0.3, -0.25) is 9.88 Å². The van der Waals surface area contributed by atoms with E-state index in [-0.39, 0.29) is 5.56 Å². The van der Waals surface area contributed by atoms with Crippen molar-refractivity contribution in [3.63, 3.8) is 0 Å². The molecule has 1 aliphatic heterocycles. The van der Waals surface area contributed by atoms with Gasteiger partial charge in [-0.2, -0.15) is 0 Å². The molecule has 6 nitrogen and oxygen atoms in total. The van der Waals surface area contributed by atoms with Gasteiger partial charge in [-0.25, -0.2) is 4.79 Å². The molecule has 0 spiro atoms. The standard InChI is InChI=1S/C25H31N3O3/c1-2-3-12-28-18-22(20-8-11-26-17-23(20)28)19-9-13-27(14-10-19)15-16-31-24-7-5-4-6-21(24)25(29)30/h4-8,11,17-19H,2-3,9-10,12-16H2,1H3,(H,29,30). The first-order valence-corrected chi connectivity index (χ1v) is 11.3. The summed E-state index contributed by atoms with van der Waals surface area (Å²) in [5.74, 6) is 0.0563. The predicted octanol–water partition coefficient (Wildman–Crippen LogP) is 4.79. The number of unbranched alkanes of at least 4 members (excludes halogenated alkanes) is 1. The van der Waals surface area contributed by atoms with Crippen LogP contribution in [-0.4, -0.2) is 51.8 Å². The highest BCUT2D eigenvalue weighted by molar-refractivity contribution is 5.90. The van der Waals surface area contributed by atoms with Crippen molar-refractivity contribution in [1.29, 1.82) is 0 Å². The Balaban J connectivity index is 1.34. The van der Waals surface area contributed by atoms with E-state index < -0.39 is 5.97 Å². The van der Waals surface area contributed by atoms with Gasteiger partial charge in [-0.05, 0) is 62.0 Å². The number of carbonyl (C=O) groups is 1. The number of hydrogen-bond acceptors (Lipinski definition) is 4. The Morgan fingerprint density at radius 1 is 1.19 bits per heavy atom. The van der Waals surface area contributed by atoms with E-state index in [9.17, 15) is 9.90 Å². The van der Waals surface area contributed by atoms with Crippen molar-refractivity contribution in [2.75, 3.05) is 26.2 Å². The Bertz CT molecular complexity index is 1020. The van der Waals surface area contributed by atoms with E-state index in [1.54, 1.807) is 24.3 Å². The maximum Gasteiger partial charge on any atom is 0.339 e. The van der Waals surface area contributed by atoms with Gasteiger partial charge >= 0.3 is 5.97 Å². The molecule has 1 N–H and O–H groups in total. The third kappa shape index (κ3) is 4.90. The lowest BCUT2D eigenvalue weighted by Gasteiger charge is -2.31. The Hall–Kier alpha value is -2.86. The van der Waals surface area contributed by atoms with Crippen molar-refractivity contribution in [3.8, 4) is 5.75 Å².